The van der Waals surface area contributed by atoms with Crippen molar-refractivity contribution in [2.24, 2.45) is 11.5 Å². The molecule has 0 saturated carbocycles. The second kappa shape index (κ2) is 46.7. The number of amides is 2. The van der Waals surface area contributed by atoms with Crippen molar-refractivity contribution in [2.45, 2.75) is 174 Å². The van der Waals surface area contributed by atoms with Crippen molar-refractivity contribution in [1.82, 2.24) is 59.2 Å². The van der Waals surface area contributed by atoms with Gasteiger partial charge in [-0.1, -0.05) is 12.1 Å². The van der Waals surface area contributed by atoms with Gasteiger partial charge in [0.15, 0.2) is 17.3 Å². The van der Waals surface area contributed by atoms with Crippen LogP contribution in [0.5, 0.6) is 0 Å². The first-order chi connectivity index (χ1) is 67.8. The zero-order chi connectivity index (χ0) is 109. The van der Waals surface area contributed by atoms with Crippen LogP contribution in [-0.4, -0.2) is 154 Å². The van der Waals surface area contributed by atoms with Gasteiger partial charge in [-0.3, -0.25) is 38.0 Å². The fourth-order valence-corrected chi connectivity index (χ4v) is 17.6. The number of aromatic nitrogens is 12. The summed E-state index contributed by atoms with van der Waals surface area (Å²) < 4.78 is 394. The molecular weight excluding hydrogens is 2200 g/mol. The van der Waals surface area contributed by atoms with E-state index >= 15 is 0 Å². The third kappa shape index (κ3) is 28.2. The largest absolute Gasteiger partial charge is 0.488 e. The molecule has 25 nitrogen and oxygen atoms in total. The molecule has 0 saturated heterocycles. The fourth-order valence-electron chi connectivity index (χ4n) is 16.1. The molecule has 0 radical (unpaired) electrons. The quantitative estimate of drug-likeness (QED) is 0.0136. The molecule has 5 aromatic carbocycles. The Bertz CT molecular complexity index is 6780. The Morgan fingerprint density at radius 2 is 0.726 bits per heavy atom. The minimum atomic E-state index is -4.06. The molecular formula is C89H77BBr2Cl2F26N16O9S. The molecule has 0 spiro atoms. The van der Waals surface area contributed by atoms with Crippen LogP contribution in [0.4, 0.5) is 126 Å². The number of fused-ring (bicyclic) bond motifs is 3. The molecule has 146 heavy (non-hydrogen) atoms. The van der Waals surface area contributed by atoms with Gasteiger partial charge in [0.2, 0.25) is 26.9 Å². The molecule has 786 valence electrons. The first kappa shape index (κ1) is 116. The average molecular weight is 2280 g/mol. The highest BCUT2D eigenvalue weighted by molar-refractivity contribution is 9.10. The summed E-state index contributed by atoms with van der Waals surface area (Å²) in [5, 5.41) is 26.8. The third-order valence-corrected chi connectivity index (χ3v) is 24.4. The van der Waals surface area contributed by atoms with Crippen molar-refractivity contribution in [1.29, 1.82) is 0 Å². The number of sulfone groups is 1. The Labute approximate surface area is 837 Å². The maximum Gasteiger partial charge on any atom is 0.488 e. The van der Waals surface area contributed by atoms with Gasteiger partial charge in [-0.25, -0.2) is 126 Å². The number of carbonyl (C=O) groups is 5. The number of nitrogens with two attached hydrogens (primary N) is 2. The Hall–Kier alpha value is -11.8. The number of primary amides is 2. The molecule has 57 heteroatoms. The molecule has 3 atom stereocenters. The van der Waals surface area contributed by atoms with Crippen LogP contribution >= 0.6 is 55.1 Å². The van der Waals surface area contributed by atoms with E-state index in [1.54, 1.807) is 33.1 Å². The van der Waals surface area contributed by atoms with E-state index in [9.17, 15) is 147 Å². The van der Waals surface area contributed by atoms with Crippen molar-refractivity contribution >= 4 is 119 Å². The Balaban J connectivity index is 0.000000209. The summed E-state index contributed by atoms with van der Waals surface area (Å²) >= 11 is 15.9. The first-order valence-electron chi connectivity index (χ1n) is 42.3. The van der Waals surface area contributed by atoms with Crippen LogP contribution in [-0.2, 0) is 98.7 Å². The van der Waals surface area contributed by atoms with E-state index in [1.807, 2.05) is 0 Å². The minimum absolute atomic E-state index is 0.00866. The molecule has 0 unspecified atom stereocenters. The van der Waals surface area contributed by atoms with E-state index in [-0.39, 0.29) is 111 Å². The van der Waals surface area contributed by atoms with Gasteiger partial charge in [-0.15, -0.1) is 23.2 Å². The normalized spacial score (nSPS) is 15.5. The zero-order valence-electron chi connectivity index (χ0n) is 75.7. The second-order valence-electron chi connectivity index (χ2n) is 33.6. The number of alkyl halides is 20. The number of benzene rings is 5. The summed E-state index contributed by atoms with van der Waals surface area (Å²) in [6, 6.07) is 14.2. The second-order valence-corrected chi connectivity index (χ2v) is 38.1. The predicted molar refractivity (Wildman–Crippen MR) is 478 cm³/mol. The summed E-state index contributed by atoms with van der Waals surface area (Å²) in [7, 11) is 0.729. The van der Waals surface area contributed by atoms with Gasteiger partial charge < -0.3 is 31.3 Å². The fraction of sp³-hybridized carbons (Fsp3) is 0.371. The molecule has 3 aliphatic carbocycles. The van der Waals surface area contributed by atoms with Crippen molar-refractivity contribution in [3.8, 4) is 11.1 Å². The Morgan fingerprint density at radius 3 is 1.04 bits per heavy atom. The van der Waals surface area contributed by atoms with Gasteiger partial charge in [-0.2, -0.15) is 41.6 Å². The van der Waals surface area contributed by atoms with Crippen LogP contribution < -0.4 is 26.7 Å². The zero-order valence-corrected chi connectivity index (χ0v) is 81.2. The number of Topliss-reactive ketones (excluding diaryl/α,β-unsaturated/α-hetero) is 3. The predicted octanol–water partition coefficient (Wildman–Crippen LogP) is 19.5. The number of anilines is 2. The van der Waals surface area contributed by atoms with Crippen LogP contribution in [0.3, 0.4) is 0 Å². The number of nitrogens with zero attached hydrogens (tertiary/aromatic N) is 14. The Morgan fingerprint density at radius 1 is 0.432 bits per heavy atom. The van der Waals surface area contributed by atoms with E-state index in [1.165, 1.54) is 23.4 Å². The van der Waals surface area contributed by atoms with Gasteiger partial charge in [0, 0.05) is 152 Å². The van der Waals surface area contributed by atoms with Crippen molar-refractivity contribution in [3.05, 3.63) is 261 Å². The first-order valence-corrected chi connectivity index (χ1v) is 46.8. The summed E-state index contributed by atoms with van der Waals surface area (Å²) in [5.41, 5.74) is -3.99. The number of hydrogen-bond acceptors (Lipinski definition) is 20. The number of hydrogen-bond donors (Lipinski definition) is 4. The SMILES string of the molecule is CN(C)c1ncc(-c2ccc(F)c(C(N)=O)c2)c([C@@H](CC(=O)Cn2nc(C(F)F)c3c2C(F)(F)CCC3(F)F)Cc2cc(F)cc(F)c2)n1.CN(C)c1ncc(Br)c([C@@H](CC(=O)Cn2nc(C(F)F)c3c2C(F)(F)CCC3(F)F)Cc2cc(F)cc(F)c2)n1.CS(=O)(=O)c1ncc(Br)c([C@@H](CC(=O)Cn2nc(C(F)F)c3c2C(F)(F)CCC3(F)F)Cc2cc(F)cc(F)c2)n1.ClCCl.NC(=O)c1cc(B(O)O)ccc1F. The van der Waals surface area contributed by atoms with Crippen LogP contribution in [0, 0.1) is 46.5 Å². The van der Waals surface area contributed by atoms with E-state index < -0.39 is 304 Å². The van der Waals surface area contributed by atoms with Crippen LogP contribution in [0.25, 0.3) is 11.1 Å². The Kier molecular flexibility index (Phi) is 37.1. The number of ketones is 3. The number of carbonyl (C=O) groups excluding carboxylic acids is 5. The molecule has 6 N–H and O–H groups in total. The molecule has 14 rings (SSSR count). The lowest BCUT2D eigenvalue weighted by atomic mass is 9.79. The topological polar surface area (TPSA) is 349 Å². The highest BCUT2D eigenvalue weighted by atomic mass is 79.9. The van der Waals surface area contributed by atoms with Crippen molar-refractivity contribution in [3.63, 3.8) is 0 Å². The summed E-state index contributed by atoms with van der Waals surface area (Å²) in [4.78, 5) is 90.4. The molecule has 3 aliphatic rings. The van der Waals surface area contributed by atoms with E-state index in [4.69, 9.17) is 44.7 Å². The maximum atomic E-state index is 15.0. The third-order valence-electron chi connectivity index (χ3n) is 22.3. The molecule has 2 amide bonds. The highest BCUT2D eigenvalue weighted by Gasteiger charge is 2.58. The van der Waals surface area contributed by atoms with Crippen molar-refractivity contribution < 1.29 is 157 Å². The lowest BCUT2D eigenvalue weighted by Gasteiger charge is -2.29. The molecule has 6 aromatic heterocycles. The summed E-state index contributed by atoms with van der Waals surface area (Å²) in [6.07, 6.45) is -17.2. The van der Waals surface area contributed by atoms with Gasteiger partial charge in [0.05, 0.1) is 59.2 Å². The summed E-state index contributed by atoms with van der Waals surface area (Å²) in [5.74, 6) is -39.1. The molecule has 0 bridgehead atoms. The maximum absolute atomic E-state index is 15.0. The van der Waals surface area contributed by atoms with Crippen LogP contribution in [0.1, 0.15) is 200 Å². The lowest BCUT2D eigenvalue weighted by Crippen LogP contribution is -2.33. The lowest BCUT2D eigenvalue weighted by molar-refractivity contribution is -0.122. The van der Waals surface area contributed by atoms with E-state index in [2.05, 4.69) is 77.1 Å². The molecule has 0 fully saturated rings. The van der Waals surface area contributed by atoms with E-state index in [0.717, 1.165) is 79.2 Å². The number of halogens is 30. The highest BCUT2D eigenvalue weighted by Crippen LogP contribution is 2.56. The van der Waals surface area contributed by atoms with Crippen LogP contribution in [0.2, 0.25) is 0 Å². The van der Waals surface area contributed by atoms with Gasteiger partial charge in [0.25, 0.3) is 66.6 Å². The summed E-state index contributed by atoms with van der Waals surface area (Å²) in [6.45, 7) is -3.29. The monoisotopic (exact) mass is 2280 g/mol. The molecule has 6 heterocycles. The number of rotatable bonds is 31. The smallest absolute Gasteiger partial charge is 0.423 e. The van der Waals surface area contributed by atoms with Gasteiger partial charge in [-0.05, 0) is 140 Å². The molecule has 11 aromatic rings. The average Bonchev–Trinajstić information content (AvgIpc) is 1.58. The van der Waals surface area contributed by atoms with Crippen molar-refractivity contribution in [2.75, 3.05) is 49.6 Å². The van der Waals surface area contributed by atoms with Gasteiger partial charge in [0.1, 0.15) is 100 Å². The standard InChI is InChI=1S/C32H27F9N6O2.C25H22BrF8N5O.C24H19BrF8N4O3S.C7H7BFNO3.CH2Cl2/c1-46(2)30-43-13-22(16-3-4-23(35)21(11-16)29(42)49)25(44-30)17(7-15-8-18(33)12-19(34)9-15)10-20(48)14-47-27-24(26(45-47)28(36)37)31(38,39)5-6-32(27,40)41;1-38(2)23-35-10-17(26)19(36-23)13(5-12-6-14(27)9-15(28)7-12)8-16(40)11-39-21-18(20(37-39)22(29)30)24(31,32)3-4-25(21,33)34;1-41(39,40)22-34-9-16(25)18(35-22)12(4-11-5-13(26)8-14(27)6-11)7-15(38)10-37-20-17(19(36-37)21(28)29)23(30,31)2-3-24(20,32)33;9-6-2-1-4(8(12)13)3-5(6)7(10)11;2-1-3/h3-4,8-9,11-13,17,28H,5-7,10,14H2,1-2H3,(H2,42,49);6-7,9-10,13,22H,3-5,8,11H2,1-2H3;5-6,8-9,12,21H,2-4,7,10H2,1H3;1-3,12-13H,(H2,10,11);1H2/t17-;13-;12-;;/m111../s1. The van der Waals surface area contributed by atoms with Crippen LogP contribution in [0.15, 0.2) is 124 Å². The van der Waals surface area contributed by atoms with Gasteiger partial charge >= 0.3 is 7.12 Å². The van der Waals surface area contributed by atoms with E-state index in [0.29, 0.717) is 22.7 Å². The molecule has 0 aliphatic heterocycles. The minimum Gasteiger partial charge on any atom is -0.423 e.